The molecule has 1 aromatic rings. The van der Waals surface area contributed by atoms with E-state index in [9.17, 15) is 9.59 Å². The maximum atomic E-state index is 12.7. The lowest BCUT2D eigenvalue weighted by Gasteiger charge is -2.36. The minimum Gasteiger partial charge on any atom is -0.481 e. The van der Waals surface area contributed by atoms with E-state index in [2.05, 4.69) is 0 Å². The molecule has 1 heterocycles. The van der Waals surface area contributed by atoms with Crippen LogP contribution in [0, 0.1) is 12.8 Å². The molecule has 0 spiro atoms. The zero-order chi connectivity index (χ0) is 19.4. The van der Waals surface area contributed by atoms with Crippen LogP contribution in [0.2, 0.25) is 0 Å². The van der Waals surface area contributed by atoms with Crippen LogP contribution in [-0.4, -0.2) is 59.9 Å². The third-order valence-electron chi connectivity index (χ3n) is 5.84. The number of rotatable bonds is 5. The molecule has 2 N–H and O–H groups in total. The molecule has 2 aliphatic rings. The Morgan fingerprint density at radius 2 is 1.79 bits per heavy atom. The molecule has 1 saturated heterocycles. The van der Waals surface area contributed by atoms with Crippen LogP contribution in [0.3, 0.4) is 0 Å². The predicted octanol–water partition coefficient (Wildman–Crippen LogP) is 2.37. The molecule has 28 heavy (non-hydrogen) atoms. The van der Waals surface area contributed by atoms with E-state index in [0.717, 1.165) is 30.6 Å². The molecule has 1 aliphatic carbocycles. The Morgan fingerprint density at radius 1 is 1.14 bits per heavy atom. The van der Waals surface area contributed by atoms with Crippen molar-refractivity contribution in [2.75, 3.05) is 26.2 Å². The third kappa shape index (κ3) is 5.39. The van der Waals surface area contributed by atoms with Crippen molar-refractivity contribution in [2.24, 2.45) is 11.7 Å². The average molecular weight is 410 g/mol. The summed E-state index contributed by atoms with van der Waals surface area (Å²) in [5.41, 5.74) is 7.10. The number of nitrogens with two attached hydrogens (primary N) is 1. The van der Waals surface area contributed by atoms with E-state index in [1.165, 1.54) is 0 Å². The number of piperazine rings is 1. The van der Waals surface area contributed by atoms with Gasteiger partial charge in [0.1, 0.15) is 5.75 Å². The lowest BCUT2D eigenvalue weighted by Crippen LogP contribution is -2.53. The van der Waals surface area contributed by atoms with Crippen molar-refractivity contribution in [1.82, 2.24) is 9.80 Å². The van der Waals surface area contributed by atoms with E-state index in [0.29, 0.717) is 38.5 Å². The van der Waals surface area contributed by atoms with E-state index < -0.39 is 6.10 Å². The molecule has 3 atom stereocenters. The van der Waals surface area contributed by atoms with Crippen molar-refractivity contribution in [3.63, 3.8) is 0 Å². The topological polar surface area (TPSA) is 75.9 Å². The van der Waals surface area contributed by atoms with Crippen LogP contribution >= 0.6 is 12.4 Å². The Hall–Kier alpha value is -1.79. The van der Waals surface area contributed by atoms with Crippen LogP contribution < -0.4 is 10.5 Å². The summed E-state index contributed by atoms with van der Waals surface area (Å²) in [6.45, 7) is 6.04. The first kappa shape index (κ1) is 22.5. The second-order valence-electron chi connectivity index (χ2n) is 7.79. The highest BCUT2D eigenvalue weighted by atomic mass is 35.5. The molecule has 2 amide bonds. The second-order valence-corrected chi connectivity index (χ2v) is 7.79. The number of halogens is 1. The summed E-state index contributed by atoms with van der Waals surface area (Å²) in [7, 11) is 0. The zero-order valence-electron chi connectivity index (χ0n) is 16.8. The smallest absolute Gasteiger partial charge is 0.263 e. The summed E-state index contributed by atoms with van der Waals surface area (Å²) < 4.78 is 5.85. The molecule has 6 nitrogen and oxygen atoms in total. The summed E-state index contributed by atoms with van der Waals surface area (Å²) in [5, 5.41) is 0. The number of para-hydroxylation sites is 1. The molecular formula is C21H32ClN3O3. The second kappa shape index (κ2) is 10.1. The Bertz CT molecular complexity index is 677. The van der Waals surface area contributed by atoms with Gasteiger partial charge in [0, 0.05) is 38.6 Å². The van der Waals surface area contributed by atoms with Gasteiger partial charge in [0.2, 0.25) is 5.91 Å². The normalized spacial score (nSPS) is 23.1. The molecule has 1 saturated carbocycles. The summed E-state index contributed by atoms with van der Waals surface area (Å²) in [6.07, 6.45) is 3.21. The van der Waals surface area contributed by atoms with Crippen LogP contribution in [0.25, 0.3) is 0 Å². The van der Waals surface area contributed by atoms with E-state index in [1.807, 2.05) is 36.1 Å². The first-order chi connectivity index (χ1) is 13.0. The van der Waals surface area contributed by atoms with Gasteiger partial charge in [-0.05, 0) is 44.2 Å². The third-order valence-corrected chi connectivity index (χ3v) is 5.84. The first-order valence-electron chi connectivity index (χ1n) is 10.00. The van der Waals surface area contributed by atoms with Gasteiger partial charge >= 0.3 is 0 Å². The minimum atomic E-state index is -0.537. The molecule has 2 fully saturated rings. The fourth-order valence-electron chi connectivity index (χ4n) is 4.04. The van der Waals surface area contributed by atoms with Crippen LogP contribution in [0.4, 0.5) is 0 Å². The number of hydrogen-bond acceptors (Lipinski definition) is 4. The van der Waals surface area contributed by atoms with Gasteiger partial charge in [-0.25, -0.2) is 0 Å². The maximum absolute atomic E-state index is 12.7. The number of carbonyl (C=O) groups is 2. The van der Waals surface area contributed by atoms with Crippen molar-refractivity contribution in [2.45, 2.75) is 51.7 Å². The quantitative estimate of drug-likeness (QED) is 0.810. The fourth-order valence-corrected chi connectivity index (χ4v) is 4.04. The van der Waals surface area contributed by atoms with Crippen LogP contribution in [0.1, 0.15) is 38.2 Å². The number of benzene rings is 1. The number of carbonyl (C=O) groups excluding carboxylic acids is 2. The average Bonchev–Trinajstić information content (AvgIpc) is 3.07. The van der Waals surface area contributed by atoms with Crippen molar-refractivity contribution >= 4 is 24.2 Å². The molecule has 0 aromatic heterocycles. The number of ether oxygens (including phenoxy) is 1. The molecule has 1 aromatic carbocycles. The van der Waals surface area contributed by atoms with Crippen LogP contribution in [-0.2, 0) is 9.59 Å². The molecule has 156 valence electrons. The molecule has 7 heteroatoms. The van der Waals surface area contributed by atoms with E-state index in [-0.39, 0.29) is 30.3 Å². The Balaban J connectivity index is 0.00000280. The number of hydrogen-bond donors (Lipinski definition) is 1. The van der Waals surface area contributed by atoms with Crippen molar-refractivity contribution in [3.05, 3.63) is 29.8 Å². The van der Waals surface area contributed by atoms with Gasteiger partial charge in [0.15, 0.2) is 6.10 Å². The summed E-state index contributed by atoms with van der Waals surface area (Å²) >= 11 is 0. The van der Waals surface area contributed by atoms with Gasteiger partial charge in [-0.2, -0.15) is 0 Å². The summed E-state index contributed by atoms with van der Waals surface area (Å²) in [6, 6.07) is 7.86. The van der Waals surface area contributed by atoms with Crippen molar-refractivity contribution in [3.8, 4) is 5.75 Å². The highest BCUT2D eigenvalue weighted by Gasteiger charge is 2.31. The van der Waals surface area contributed by atoms with Gasteiger partial charge in [-0.1, -0.05) is 24.6 Å². The molecular weight excluding hydrogens is 378 g/mol. The van der Waals surface area contributed by atoms with Crippen molar-refractivity contribution < 1.29 is 14.3 Å². The Labute approximate surface area is 173 Å². The zero-order valence-corrected chi connectivity index (χ0v) is 17.6. The molecule has 3 rings (SSSR count). The molecule has 1 unspecified atom stereocenters. The van der Waals surface area contributed by atoms with Gasteiger partial charge < -0.3 is 20.3 Å². The number of nitrogens with zero attached hydrogens (tertiary/aromatic N) is 2. The van der Waals surface area contributed by atoms with Crippen LogP contribution in [0.15, 0.2) is 24.3 Å². The first-order valence-corrected chi connectivity index (χ1v) is 10.00. The summed E-state index contributed by atoms with van der Waals surface area (Å²) in [5.74, 6) is 1.21. The lowest BCUT2D eigenvalue weighted by molar-refractivity contribution is -0.144. The predicted molar refractivity (Wildman–Crippen MR) is 112 cm³/mol. The van der Waals surface area contributed by atoms with Gasteiger partial charge in [0.25, 0.3) is 5.91 Å². The number of aryl methyl sites for hydroxylation is 1. The molecule has 0 bridgehead atoms. The standard InChI is InChI=1S/C21H31N3O3.ClH/c1-15-6-3-4-9-19(15)27-16(2)21(26)24-12-10-23(11-13-24)20(25)14-17-7-5-8-18(17)22;/h3-4,6,9,16-18H,5,7-8,10-14,22H2,1-2H3;1H/t16?,17-,18+;/m0./s1. The molecule has 0 radical (unpaired) electrons. The minimum absolute atomic E-state index is 0. The highest BCUT2D eigenvalue weighted by Crippen LogP contribution is 2.27. The Kier molecular flexibility index (Phi) is 8.13. The lowest BCUT2D eigenvalue weighted by atomic mass is 9.99. The highest BCUT2D eigenvalue weighted by molar-refractivity contribution is 5.85. The van der Waals surface area contributed by atoms with E-state index >= 15 is 0 Å². The SMILES string of the molecule is Cc1ccccc1OC(C)C(=O)N1CCN(C(=O)C[C@@H]2CCC[C@H]2N)CC1.Cl. The summed E-state index contributed by atoms with van der Waals surface area (Å²) in [4.78, 5) is 28.9. The largest absolute Gasteiger partial charge is 0.481 e. The van der Waals surface area contributed by atoms with E-state index in [4.69, 9.17) is 10.5 Å². The van der Waals surface area contributed by atoms with E-state index in [1.54, 1.807) is 11.8 Å². The maximum Gasteiger partial charge on any atom is 0.263 e. The van der Waals surface area contributed by atoms with Gasteiger partial charge in [-0.3, -0.25) is 9.59 Å². The van der Waals surface area contributed by atoms with Gasteiger partial charge in [-0.15, -0.1) is 12.4 Å². The van der Waals surface area contributed by atoms with Crippen molar-refractivity contribution in [1.29, 1.82) is 0 Å². The Morgan fingerprint density at radius 3 is 2.39 bits per heavy atom. The molecule has 1 aliphatic heterocycles. The number of amides is 2. The van der Waals surface area contributed by atoms with Gasteiger partial charge in [0.05, 0.1) is 0 Å². The van der Waals surface area contributed by atoms with Crippen LogP contribution in [0.5, 0.6) is 5.75 Å². The monoisotopic (exact) mass is 409 g/mol. The fraction of sp³-hybridized carbons (Fsp3) is 0.619.